The lowest BCUT2D eigenvalue weighted by Crippen LogP contribution is -2.40. The van der Waals surface area contributed by atoms with Gasteiger partial charge in [0.2, 0.25) is 0 Å². The number of aromatic nitrogens is 1. The van der Waals surface area contributed by atoms with E-state index in [-0.39, 0.29) is 17.1 Å². The number of hydrogen-bond acceptors (Lipinski definition) is 5. The minimum Gasteiger partial charge on any atom is -0.434 e. The molecule has 1 aromatic heterocycles. The number of alkyl halides is 2. The van der Waals surface area contributed by atoms with E-state index in [1.807, 2.05) is 30.3 Å². The molecule has 8 heteroatoms. The van der Waals surface area contributed by atoms with E-state index in [0.717, 1.165) is 17.7 Å². The van der Waals surface area contributed by atoms with Crippen LogP contribution in [0.4, 0.5) is 8.78 Å². The summed E-state index contributed by atoms with van der Waals surface area (Å²) in [4.78, 5) is 31.5. The van der Waals surface area contributed by atoms with Crippen LogP contribution in [0.1, 0.15) is 36.4 Å². The first-order valence-electron chi connectivity index (χ1n) is 10.2. The Morgan fingerprint density at radius 2 is 1.81 bits per heavy atom. The topological polar surface area (TPSA) is 60.7 Å². The Morgan fingerprint density at radius 3 is 2.59 bits per heavy atom. The number of fused-ring (bicyclic) bond motifs is 1. The number of halogens is 2. The zero-order valence-corrected chi connectivity index (χ0v) is 17.6. The van der Waals surface area contributed by atoms with Gasteiger partial charge in [0.25, 0.3) is 5.56 Å². The Balaban J connectivity index is 1.73. The number of carbonyl (C=O) groups excluding carboxylic acids is 1. The van der Waals surface area contributed by atoms with Crippen LogP contribution in [0.5, 0.6) is 5.75 Å². The molecular formula is C24H18F2N2O3S. The summed E-state index contributed by atoms with van der Waals surface area (Å²) in [5, 5.41) is 0. The average molecular weight is 452 g/mol. The number of thiazole rings is 1. The average Bonchev–Trinajstić information content (AvgIpc) is 3.09. The molecule has 1 unspecified atom stereocenters. The van der Waals surface area contributed by atoms with Crippen LogP contribution >= 0.6 is 11.3 Å². The summed E-state index contributed by atoms with van der Waals surface area (Å²) in [7, 11) is 0. The molecule has 1 aliphatic heterocycles. The smallest absolute Gasteiger partial charge is 0.387 e. The molecule has 0 saturated carbocycles. The van der Waals surface area contributed by atoms with Crippen LogP contribution in [0, 0.1) is 0 Å². The van der Waals surface area contributed by atoms with Crippen LogP contribution in [-0.2, 0) is 4.79 Å². The van der Waals surface area contributed by atoms with Crippen molar-refractivity contribution in [1.29, 1.82) is 0 Å². The second-order valence-electron chi connectivity index (χ2n) is 7.55. The van der Waals surface area contributed by atoms with Crippen LogP contribution in [0.2, 0.25) is 0 Å². The van der Waals surface area contributed by atoms with Crippen LogP contribution in [0.15, 0.2) is 75.7 Å². The van der Waals surface area contributed by atoms with E-state index >= 15 is 0 Å². The highest BCUT2D eigenvalue weighted by Gasteiger charge is 2.34. The first-order valence-corrected chi connectivity index (χ1v) is 11.0. The molecule has 32 heavy (non-hydrogen) atoms. The van der Waals surface area contributed by atoms with Gasteiger partial charge in [0.15, 0.2) is 10.6 Å². The van der Waals surface area contributed by atoms with Crippen LogP contribution in [0.25, 0.3) is 6.08 Å². The molecule has 0 fully saturated rings. The van der Waals surface area contributed by atoms with E-state index < -0.39 is 12.7 Å². The van der Waals surface area contributed by atoms with E-state index in [4.69, 9.17) is 0 Å². The van der Waals surface area contributed by atoms with E-state index in [0.29, 0.717) is 33.3 Å². The molecular weight excluding hydrogens is 434 g/mol. The predicted molar refractivity (Wildman–Crippen MR) is 116 cm³/mol. The molecule has 0 N–H and O–H groups in total. The van der Waals surface area contributed by atoms with Crippen molar-refractivity contribution in [2.75, 3.05) is 0 Å². The third-order valence-corrected chi connectivity index (χ3v) is 6.55. The number of hydrogen-bond donors (Lipinski definition) is 0. The van der Waals surface area contributed by atoms with Crippen LogP contribution in [-0.4, -0.2) is 17.0 Å². The molecule has 2 heterocycles. The summed E-state index contributed by atoms with van der Waals surface area (Å²) in [6.45, 7) is -2.97. The minimum absolute atomic E-state index is 0.00816. The molecule has 0 spiro atoms. The van der Waals surface area contributed by atoms with E-state index in [1.165, 1.54) is 23.5 Å². The number of allylic oxidation sites excluding steroid dienone is 2. The van der Waals surface area contributed by atoms with Gasteiger partial charge in [0.05, 0.1) is 16.3 Å². The second-order valence-corrected chi connectivity index (χ2v) is 8.56. The van der Waals surface area contributed by atoms with Gasteiger partial charge >= 0.3 is 6.61 Å². The van der Waals surface area contributed by atoms with Crippen molar-refractivity contribution in [3.05, 3.63) is 96.7 Å². The number of ketones is 1. The zero-order valence-electron chi connectivity index (χ0n) is 16.8. The zero-order chi connectivity index (χ0) is 22.2. The molecule has 3 aromatic rings. The minimum atomic E-state index is -2.97. The van der Waals surface area contributed by atoms with Gasteiger partial charge in [-0.3, -0.25) is 14.2 Å². The summed E-state index contributed by atoms with van der Waals surface area (Å²) in [5.74, 6) is -0.00349. The highest BCUT2D eigenvalue weighted by atomic mass is 32.1. The van der Waals surface area contributed by atoms with Crippen LogP contribution < -0.4 is 19.6 Å². The second kappa shape index (κ2) is 8.27. The molecule has 1 atom stereocenters. The first-order chi connectivity index (χ1) is 15.5. The van der Waals surface area contributed by atoms with Crippen LogP contribution in [0.3, 0.4) is 0 Å². The lowest BCUT2D eigenvalue weighted by atomic mass is 9.86. The molecule has 0 saturated heterocycles. The van der Waals surface area contributed by atoms with Gasteiger partial charge in [0.1, 0.15) is 5.75 Å². The maximum Gasteiger partial charge on any atom is 0.387 e. The van der Waals surface area contributed by atoms with Gasteiger partial charge in [-0.05, 0) is 30.5 Å². The predicted octanol–water partition coefficient (Wildman–Crippen LogP) is 3.57. The standard InChI is InChI=1S/C24H18F2N2O3S/c25-23(26)31-18-12-5-4-9-15(18)13-19-22(30)28-21(14-7-2-1-3-8-14)20-16(27-24(28)32-19)10-6-11-17(20)29/h1-5,7-9,12-13,21,23H,6,10-11H2. The van der Waals surface area contributed by atoms with Gasteiger partial charge < -0.3 is 4.74 Å². The van der Waals surface area contributed by atoms with Crippen molar-refractivity contribution in [3.63, 3.8) is 0 Å². The Bertz CT molecular complexity index is 1410. The molecule has 162 valence electrons. The number of rotatable bonds is 4. The van der Waals surface area contributed by atoms with E-state index in [1.54, 1.807) is 22.8 Å². The maximum atomic E-state index is 13.5. The normalized spacial score (nSPS) is 18.4. The molecule has 0 radical (unpaired) electrons. The molecule has 5 nitrogen and oxygen atoms in total. The fourth-order valence-corrected chi connectivity index (χ4v) is 5.22. The number of para-hydroxylation sites is 1. The summed E-state index contributed by atoms with van der Waals surface area (Å²) in [6.07, 6.45) is 3.38. The monoisotopic (exact) mass is 452 g/mol. The number of benzene rings is 2. The Kier molecular flexibility index (Phi) is 5.30. The highest BCUT2D eigenvalue weighted by Crippen LogP contribution is 2.36. The molecule has 2 aliphatic rings. The third kappa shape index (κ3) is 3.60. The molecule has 5 rings (SSSR count). The van der Waals surface area contributed by atoms with E-state index in [2.05, 4.69) is 9.73 Å². The largest absolute Gasteiger partial charge is 0.434 e. The lowest BCUT2D eigenvalue weighted by molar-refractivity contribution is -0.116. The van der Waals surface area contributed by atoms with Crippen molar-refractivity contribution in [3.8, 4) is 5.75 Å². The number of ether oxygens (including phenoxy) is 1. The number of nitrogens with zero attached hydrogens (tertiary/aromatic N) is 2. The first kappa shape index (κ1) is 20.5. The lowest BCUT2D eigenvalue weighted by Gasteiger charge is -2.28. The fourth-order valence-electron chi connectivity index (χ4n) is 4.21. The Labute approximate surface area is 185 Å². The Morgan fingerprint density at radius 1 is 1.06 bits per heavy atom. The third-order valence-electron chi connectivity index (χ3n) is 5.56. The SMILES string of the molecule is O=C1CCCC2=C1C(c1ccccc1)n1c(sc(=Cc3ccccc3OC(F)F)c1=O)=N2. The van der Waals surface area contributed by atoms with Crippen molar-refractivity contribution in [2.45, 2.75) is 31.9 Å². The van der Waals surface area contributed by atoms with Crippen molar-refractivity contribution < 1.29 is 18.3 Å². The maximum absolute atomic E-state index is 13.5. The van der Waals surface area contributed by atoms with Gasteiger partial charge in [-0.2, -0.15) is 8.78 Å². The quantitative estimate of drug-likeness (QED) is 0.608. The van der Waals surface area contributed by atoms with Crippen molar-refractivity contribution in [2.24, 2.45) is 4.99 Å². The van der Waals surface area contributed by atoms with Gasteiger partial charge in [0, 0.05) is 17.6 Å². The molecule has 0 amide bonds. The molecule has 1 aliphatic carbocycles. The van der Waals surface area contributed by atoms with Gasteiger partial charge in [-0.15, -0.1) is 0 Å². The molecule has 0 bridgehead atoms. The van der Waals surface area contributed by atoms with Crippen molar-refractivity contribution >= 4 is 23.2 Å². The number of carbonyl (C=O) groups is 1. The van der Waals surface area contributed by atoms with Gasteiger partial charge in [-0.25, -0.2) is 4.99 Å². The molecule has 2 aromatic carbocycles. The number of Topliss-reactive ketones (excluding diaryl/α,β-unsaturated/α-hetero) is 1. The Hall–Kier alpha value is -3.39. The summed E-state index contributed by atoms with van der Waals surface area (Å²) >= 11 is 1.18. The van der Waals surface area contributed by atoms with Gasteiger partial charge in [-0.1, -0.05) is 59.9 Å². The summed E-state index contributed by atoms with van der Waals surface area (Å²) in [6, 6.07) is 15.2. The van der Waals surface area contributed by atoms with Crippen molar-refractivity contribution in [1.82, 2.24) is 4.57 Å². The summed E-state index contributed by atoms with van der Waals surface area (Å²) < 4.78 is 32.1. The highest BCUT2D eigenvalue weighted by molar-refractivity contribution is 7.07. The van der Waals surface area contributed by atoms with E-state index in [9.17, 15) is 18.4 Å². The summed E-state index contributed by atoms with van der Waals surface area (Å²) in [5.41, 5.74) is 2.18. The fraction of sp³-hybridized carbons (Fsp3) is 0.208.